The summed E-state index contributed by atoms with van der Waals surface area (Å²) in [6, 6.07) is 17.3. The molecule has 3 aliphatic rings. The van der Waals surface area contributed by atoms with E-state index in [1.54, 1.807) is 0 Å². The third-order valence-corrected chi connectivity index (χ3v) is 6.46. The van der Waals surface area contributed by atoms with Gasteiger partial charge in [-0.15, -0.1) is 0 Å². The fourth-order valence-electron chi connectivity index (χ4n) is 5.07. The molecule has 2 saturated heterocycles. The first-order chi connectivity index (χ1) is 12.7. The number of rotatable bonds is 1. The SMILES string of the molecule is N#Cc1ccc(-c2ccc3c(c2)C[C@]2(CCN4CCCCC4C2)O3)cc1. The van der Waals surface area contributed by atoms with Gasteiger partial charge in [0.2, 0.25) is 0 Å². The highest BCUT2D eigenvalue weighted by atomic mass is 16.5. The maximum atomic E-state index is 8.98. The standard InChI is InChI=1S/C23H24N2O/c24-16-17-4-6-18(7-5-17)19-8-9-22-20(13-19)14-23(26-22)10-12-25-11-2-1-3-21(25)15-23/h4-9,13,21H,1-3,10-12,14-15H2/t21?,23-/m0/s1. The molecule has 2 aromatic carbocycles. The lowest BCUT2D eigenvalue weighted by Gasteiger charge is -2.46. The van der Waals surface area contributed by atoms with Gasteiger partial charge in [0.25, 0.3) is 0 Å². The van der Waals surface area contributed by atoms with Crippen molar-refractivity contribution in [3.63, 3.8) is 0 Å². The van der Waals surface area contributed by atoms with Crippen LogP contribution in [0.4, 0.5) is 0 Å². The van der Waals surface area contributed by atoms with Gasteiger partial charge < -0.3 is 9.64 Å². The van der Waals surface area contributed by atoms with Gasteiger partial charge in [-0.05, 0) is 60.3 Å². The molecule has 3 heterocycles. The van der Waals surface area contributed by atoms with Crippen LogP contribution in [0, 0.1) is 11.3 Å². The van der Waals surface area contributed by atoms with Crippen LogP contribution < -0.4 is 4.74 Å². The molecule has 3 aliphatic heterocycles. The first-order valence-electron chi connectivity index (χ1n) is 9.81. The molecule has 0 N–H and O–H groups in total. The number of ether oxygens (including phenoxy) is 1. The largest absolute Gasteiger partial charge is 0.487 e. The van der Waals surface area contributed by atoms with Crippen LogP contribution in [0.1, 0.15) is 43.2 Å². The van der Waals surface area contributed by atoms with Crippen LogP contribution in [0.2, 0.25) is 0 Å². The van der Waals surface area contributed by atoms with Crippen molar-refractivity contribution in [3.05, 3.63) is 53.6 Å². The lowest BCUT2D eigenvalue weighted by atomic mass is 9.80. The van der Waals surface area contributed by atoms with Crippen LogP contribution in [-0.4, -0.2) is 29.6 Å². The maximum Gasteiger partial charge on any atom is 0.123 e. The smallest absolute Gasteiger partial charge is 0.123 e. The van der Waals surface area contributed by atoms with Crippen molar-refractivity contribution in [1.82, 2.24) is 4.90 Å². The average molecular weight is 344 g/mol. The molecular weight excluding hydrogens is 320 g/mol. The molecule has 0 aliphatic carbocycles. The predicted octanol–water partition coefficient (Wildman–Crippen LogP) is 4.55. The highest BCUT2D eigenvalue weighted by Gasteiger charge is 2.46. The summed E-state index contributed by atoms with van der Waals surface area (Å²) in [5.74, 6) is 1.08. The van der Waals surface area contributed by atoms with E-state index in [4.69, 9.17) is 10.00 Å². The molecule has 3 heteroatoms. The number of nitrogens with zero attached hydrogens (tertiary/aromatic N) is 2. The van der Waals surface area contributed by atoms with E-state index in [9.17, 15) is 0 Å². The van der Waals surface area contributed by atoms with Crippen molar-refractivity contribution >= 4 is 0 Å². The average Bonchev–Trinajstić information content (AvgIpc) is 3.04. The molecular formula is C23H24N2O. The zero-order valence-corrected chi connectivity index (χ0v) is 15.1. The lowest BCUT2D eigenvalue weighted by molar-refractivity contribution is -0.0249. The van der Waals surface area contributed by atoms with Crippen molar-refractivity contribution in [3.8, 4) is 22.9 Å². The number of hydrogen-bond acceptors (Lipinski definition) is 3. The summed E-state index contributed by atoms with van der Waals surface area (Å²) in [6.07, 6.45) is 7.42. The Bertz CT molecular complexity index is 867. The second-order valence-corrected chi connectivity index (χ2v) is 8.11. The van der Waals surface area contributed by atoms with Crippen LogP contribution in [0.5, 0.6) is 5.75 Å². The molecule has 132 valence electrons. The summed E-state index contributed by atoms with van der Waals surface area (Å²) < 4.78 is 6.54. The predicted molar refractivity (Wildman–Crippen MR) is 102 cm³/mol. The van der Waals surface area contributed by atoms with E-state index in [-0.39, 0.29) is 5.60 Å². The highest BCUT2D eigenvalue weighted by molar-refractivity contribution is 5.67. The second-order valence-electron chi connectivity index (χ2n) is 8.11. The van der Waals surface area contributed by atoms with Crippen LogP contribution in [0.3, 0.4) is 0 Å². The second kappa shape index (κ2) is 6.14. The first-order valence-corrected chi connectivity index (χ1v) is 9.81. The molecule has 0 aromatic heterocycles. The fourth-order valence-corrected chi connectivity index (χ4v) is 5.07. The number of hydrogen-bond donors (Lipinski definition) is 0. The molecule has 5 rings (SSSR count). The minimum Gasteiger partial charge on any atom is -0.487 e. The van der Waals surface area contributed by atoms with Crippen molar-refractivity contribution in [2.24, 2.45) is 0 Å². The third kappa shape index (κ3) is 2.70. The topological polar surface area (TPSA) is 36.3 Å². The summed E-state index contributed by atoms with van der Waals surface area (Å²) >= 11 is 0. The van der Waals surface area contributed by atoms with Crippen molar-refractivity contribution in [2.75, 3.05) is 13.1 Å². The van der Waals surface area contributed by atoms with Gasteiger partial charge in [0.05, 0.1) is 11.6 Å². The minimum absolute atomic E-state index is 0.0180. The summed E-state index contributed by atoms with van der Waals surface area (Å²) in [5, 5.41) is 8.98. The van der Waals surface area contributed by atoms with Gasteiger partial charge in [0.15, 0.2) is 0 Å². The first kappa shape index (κ1) is 15.9. The van der Waals surface area contributed by atoms with Gasteiger partial charge in [0, 0.05) is 31.8 Å². The van der Waals surface area contributed by atoms with Crippen LogP contribution >= 0.6 is 0 Å². The molecule has 0 bridgehead atoms. The van der Waals surface area contributed by atoms with E-state index in [1.165, 1.54) is 49.9 Å². The molecule has 1 unspecified atom stereocenters. The Morgan fingerprint density at radius 2 is 1.88 bits per heavy atom. The third-order valence-electron chi connectivity index (χ3n) is 6.46. The highest BCUT2D eigenvalue weighted by Crippen LogP contribution is 2.45. The molecule has 3 nitrogen and oxygen atoms in total. The zero-order chi connectivity index (χ0) is 17.6. The monoisotopic (exact) mass is 344 g/mol. The van der Waals surface area contributed by atoms with Gasteiger partial charge in [-0.3, -0.25) is 0 Å². The molecule has 1 spiro atoms. The normalized spacial score (nSPS) is 27.4. The van der Waals surface area contributed by atoms with Gasteiger partial charge in [-0.25, -0.2) is 0 Å². The van der Waals surface area contributed by atoms with Crippen molar-refractivity contribution < 1.29 is 4.74 Å². The molecule has 0 amide bonds. The van der Waals surface area contributed by atoms with Crippen LogP contribution in [0.25, 0.3) is 11.1 Å². The van der Waals surface area contributed by atoms with Gasteiger partial charge in [-0.1, -0.05) is 24.6 Å². The minimum atomic E-state index is 0.0180. The summed E-state index contributed by atoms with van der Waals surface area (Å²) in [5.41, 5.74) is 4.44. The number of piperidine rings is 2. The number of benzene rings is 2. The van der Waals surface area contributed by atoms with E-state index in [0.29, 0.717) is 11.6 Å². The van der Waals surface area contributed by atoms with E-state index in [2.05, 4.69) is 29.2 Å². The Morgan fingerprint density at radius 3 is 2.73 bits per heavy atom. The molecule has 26 heavy (non-hydrogen) atoms. The summed E-state index contributed by atoms with van der Waals surface area (Å²) in [4.78, 5) is 2.68. The molecule has 2 fully saturated rings. The summed E-state index contributed by atoms with van der Waals surface area (Å²) in [6.45, 7) is 2.46. The molecule has 2 atom stereocenters. The number of nitriles is 1. The van der Waals surface area contributed by atoms with Crippen molar-refractivity contribution in [2.45, 2.75) is 50.2 Å². The van der Waals surface area contributed by atoms with Crippen molar-refractivity contribution in [1.29, 1.82) is 5.26 Å². The van der Waals surface area contributed by atoms with E-state index in [1.807, 2.05) is 24.3 Å². The Morgan fingerprint density at radius 1 is 1.04 bits per heavy atom. The Kier molecular flexibility index (Phi) is 3.76. The van der Waals surface area contributed by atoms with E-state index in [0.717, 1.165) is 24.2 Å². The molecule has 2 aromatic rings. The van der Waals surface area contributed by atoms with E-state index < -0.39 is 0 Å². The lowest BCUT2D eigenvalue weighted by Crippen LogP contribution is -2.54. The van der Waals surface area contributed by atoms with Gasteiger partial charge >= 0.3 is 0 Å². The fraction of sp³-hybridized carbons (Fsp3) is 0.435. The van der Waals surface area contributed by atoms with Gasteiger partial charge in [0.1, 0.15) is 11.4 Å². The molecule has 0 radical (unpaired) electrons. The number of fused-ring (bicyclic) bond motifs is 2. The Balaban J connectivity index is 1.39. The molecule has 0 saturated carbocycles. The van der Waals surface area contributed by atoms with Crippen LogP contribution in [-0.2, 0) is 6.42 Å². The Hall–Kier alpha value is -2.31. The van der Waals surface area contributed by atoms with Gasteiger partial charge in [-0.2, -0.15) is 5.26 Å². The summed E-state index contributed by atoms with van der Waals surface area (Å²) in [7, 11) is 0. The van der Waals surface area contributed by atoms with E-state index >= 15 is 0 Å². The quantitative estimate of drug-likeness (QED) is 0.761. The van der Waals surface area contributed by atoms with Crippen LogP contribution in [0.15, 0.2) is 42.5 Å². The zero-order valence-electron chi connectivity index (χ0n) is 15.1. The maximum absolute atomic E-state index is 8.98. The Labute approximate surface area is 155 Å².